The maximum atomic E-state index is 6.62. The van der Waals surface area contributed by atoms with Crippen molar-refractivity contribution in [2.75, 3.05) is 19.7 Å². The number of rotatable bonds is 5. The maximum Gasteiger partial charge on any atom is 0.151 e. The molecule has 1 saturated carbocycles. The quantitative estimate of drug-likeness (QED) is 0.874. The molecule has 1 aliphatic carbocycles. The fourth-order valence-corrected chi connectivity index (χ4v) is 4.08. The zero-order valence-corrected chi connectivity index (χ0v) is 14.7. The van der Waals surface area contributed by atoms with Crippen molar-refractivity contribution < 1.29 is 9.47 Å². The molecule has 1 N–H and O–H groups in total. The van der Waals surface area contributed by atoms with Gasteiger partial charge in [-0.3, -0.25) is 0 Å². The molecule has 3 heteroatoms. The Morgan fingerprint density at radius 2 is 1.72 bits per heavy atom. The number of para-hydroxylation sites is 1. The Bertz CT molecular complexity index is 661. The predicted molar refractivity (Wildman–Crippen MR) is 100 cm³/mol. The Labute approximate surface area is 150 Å². The summed E-state index contributed by atoms with van der Waals surface area (Å²) in [7, 11) is 0. The lowest BCUT2D eigenvalue weighted by atomic mass is 9.96. The van der Waals surface area contributed by atoms with Crippen LogP contribution in [0.4, 0.5) is 0 Å². The average molecular weight is 337 g/mol. The largest absolute Gasteiger partial charge is 0.483 e. The molecule has 1 aliphatic heterocycles. The first-order valence-electron chi connectivity index (χ1n) is 9.54. The second-order valence-electron chi connectivity index (χ2n) is 7.08. The lowest BCUT2D eigenvalue weighted by Crippen LogP contribution is -2.43. The van der Waals surface area contributed by atoms with Crippen molar-refractivity contribution in [2.24, 2.45) is 0 Å². The van der Waals surface area contributed by atoms with Crippen LogP contribution in [0, 0.1) is 0 Å². The zero-order valence-electron chi connectivity index (χ0n) is 14.7. The summed E-state index contributed by atoms with van der Waals surface area (Å²) in [6.45, 7) is 2.48. The first-order chi connectivity index (χ1) is 12.4. The predicted octanol–water partition coefficient (Wildman–Crippen LogP) is 4.45. The molecule has 4 rings (SSSR count). The fraction of sp³-hybridized carbons (Fsp3) is 0.455. The third-order valence-corrected chi connectivity index (χ3v) is 5.39. The van der Waals surface area contributed by atoms with Crippen LogP contribution in [0.2, 0.25) is 0 Å². The molecule has 0 unspecified atom stereocenters. The first-order valence-corrected chi connectivity index (χ1v) is 9.54. The van der Waals surface area contributed by atoms with Gasteiger partial charge in [0.2, 0.25) is 0 Å². The Hall–Kier alpha value is -1.84. The van der Waals surface area contributed by atoms with Gasteiger partial charge in [-0.15, -0.1) is 0 Å². The highest BCUT2D eigenvalue weighted by Crippen LogP contribution is 2.40. The van der Waals surface area contributed by atoms with E-state index in [0.717, 1.165) is 25.4 Å². The monoisotopic (exact) mass is 337 g/mol. The molecule has 0 amide bonds. The highest BCUT2D eigenvalue weighted by molar-refractivity contribution is 5.37. The minimum absolute atomic E-state index is 0.0350. The summed E-state index contributed by atoms with van der Waals surface area (Å²) in [6.07, 6.45) is 5.16. The molecule has 132 valence electrons. The molecule has 2 aliphatic rings. The van der Waals surface area contributed by atoms with E-state index in [4.69, 9.17) is 9.47 Å². The summed E-state index contributed by atoms with van der Waals surface area (Å²) >= 11 is 0. The van der Waals surface area contributed by atoms with Gasteiger partial charge in [-0.1, -0.05) is 61.4 Å². The smallest absolute Gasteiger partial charge is 0.151 e. The SMILES string of the molecule is c1ccc([C@H](Oc2ccccc2C2CCCC2)[C@@H]2CNCCO2)cc1. The number of hydrogen-bond donors (Lipinski definition) is 1. The Kier molecular flexibility index (Phi) is 5.34. The highest BCUT2D eigenvalue weighted by Gasteiger charge is 2.29. The van der Waals surface area contributed by atoms with E-state index in [1.54, 1.807) is 0 Å². The number of morpholine rings is 1. The minimum atomic E-state index is -0.0865. The lowest BCUT2D eigenvalue weighted by Gasteiger charge is -2.32. The van der Waals surface area contributed by atoms with Gasteiger partial charge >= 0.3 is 0 Å². The molecule has 0 radical (unpaired) electrons. The summed E-state index contributed by atoms with van der Waals surface area (Å²) in [6, 6.07) is 19.1. The van der Waals surface area contributed by atoms with E-state index in [-0.39, 0.29) is 12.2 Å². The summed E-state index contributed by atoms with van der Waals surface area (Å²) in [5.74, 6) is 1.66. The highest BCUT2D eigenvalue weighted by atomic mass is 16.5. The van der Waals surface area contributed by atoms with E-state index < -0.39 is 0 Å². The van der Waals surface area contributed by atoms with Gasteiger partial charge < -0.3 is 14.8 Å². The van der Waals surface area contributed by atoms with Crippen molar-refractivity contribution in [1.82, 2.24) is 5.32 Å². The third kappa shape index (κ3) is 3.88. The maximum absolute atomic E-state index is 6.62. The van der Waals surface area contributed by atoms with Crippen LogP contribution in [-0.4, -0.2) is 25.8 Å². The first kappa shape index (κ1) is 16.6. The van der Waals surface area contributed by atoms with Crippen molar-refractivity contribution in [3.8, 4) is 5.75 Å². The van der Waals surface area contributed by atoms with Crippen molar-refractivity contribution in [2.45, 2.75) is 43.8 Å². The molecular formula is C22H27NO2. The normalized spacial score (nSPS) is 22.6. The second-order valence-corrected chi connectivity index (χ2v) is 7.08. The molecule has 0 bridgehead atoms. The van der Waals surface area contributed by atoms with Crippen LogP contribution in [0.5, 0.6) is 5.75 Å². The standard InChI is InChI=1S/C22H27NO2/c1-2-10-18(11-3-1)22(21-16-23-14-15-24-21)25-20-13-7-6-12-19(20)17-8-4-5-9-17/h1-3,6-7,10-13,17,21-23H,4-5,8-9,14-16H2/t21-,22-/m0/s1. The second kappa shape index (κ2) is 8.03. The minimum Gasteiger partial charge on any atom is -0.483 e. The van der Waals surface area contributed by atoms with Crippen molar-refractivity contribution in [3.05, 3.63) is 65.7 Å². The molecule has 1 saturated heterocycles. The Morgan fingerprint density at radius 1 is 0.960 bits per heavy atom. The number of nitrogens with one attached hydrogen (secondary N) is 1. The summed E-state index contributed by atoms with van der Waals surface area (Å²) in [5, 5.41) is 3.44. The van der Waals surface area contributed by atoms with Crippen molar-refractivity contribution in [3.63, 3.8) is 0 Å². The van der Waals surface area contributed by atoms with Gasteiger partial charge in [0.25, 0.3) is 0 Å². The van der Waals surface area contributed by atoms with Gasteiger partial charge in [0.1, 0.15) is 11.9 Å². The van der Waals surface area contributed by atoms with Crippen LogP contribution < -0.4 is 10.1 Å². The van der Waals surface area contributed by atoms with Crippen LogP contribution in [0.15, 0.2) is 54.6 Å². The summed E-state index contributed by atoms with van der Waals surface area (Å²) in [5.41, 5.74) is 2.54. The number of benzene rings is 2. The van der Waals surface area contributed by atoms with Crippen molar-refractivity contribution >= 4 is 0 Å². The molecule has 2 fully saturated rings. The lowest BCUT2D eigenvalue weighted by molar-refractivity contribution is -0.0435. The van der Waals surface area contributed by atoms with Gasteiger partial charge in [0, 0.05) is 13.1 Å². The van der Waals surface area contributed by atoms with Crippen LogP contribution >= 0.6 is 0 Å². The summed E-state index contributed by atoms with van der Waals surface area (Å²) < 4.78 is 12.7. The summed E-state index contributed by atoms with van der Waals surface area (Å²) in [4.78, 5) is 0. The molecule has 25 heavy (non-hydrogen) atoms. The van der Waals surface area contributed by atoms with Gasteiger partial charge in [-0.2, -0.15) is 0 Å². The Morgan fingerprint density at radius 3 is 2.48 bits per heavy atom. The molecule has 2 aromatic carbocycles. The van der Waals surface area contributed by atoms with Crippen molar-refractivity contribution in [1.29, 1.82) is 0 Å². The number of hydrogen-bond acceptors (Lipinski definition) is 3. The molecule has 2 atom stereocenters. The van der Waals surface area contributed by atoms with Crippen LogP contribution in [0.3, 0.4) is 0 Å². The topological polar surface area (TPSA) is 30.5 Å². The number of ether oxygens (including phenoxy) is 2. The van der Waals surface area contributed by atoms with E-state index in [0.29, 0.717) is 5.92 Å². The van der Waals surface area contributed by atoms with Crippen LogP contribution in [-0.2, 0) is 4.74 Å². The van der Waals surface area contributed by atoms with E-state index in [2.05, 4.69) is 53.8 Å². The van der Waals surface area contributed by atoms with Crippen LogP contribution in [0.1, 0.15) is 48.8 Å². The molecule has 1 heterocycles. The van der Waals surface area contributed by atoms with Crippen LogP contribution in [0.25, 0.3) is 0 Å². The van der Waals surface area contributed by atoms with E-state index in [1.807, 2.05) is 6.07 Å². The Balaban J connectivity index is 1.62. The van der Waals surface area contributed by atoms with Gasteiger partial charge in [-0.25, -0.2) is 0 Å². The average Bonchev–Trinajstić information content (AvgIpc) is 3.22. The third-order valence-electron chi connectivity index (χ3n) is 5.39. The molecule has 2 aromatic rings. The van der Waals surface area contributed by atoms with E-state index >= 15 is 0 Å². The molecular weight excluding hydrogens is 310 g/mol. The van der Waals surface area contributed by atoms with Gasteiger partial charge in [0.15, 0.2) is 6.10 Å². The van der Waals surface area contributed by atoms with E-state index in [1.165, 1.54) is 36.8 Å². The van der Waals surface area contributed by atoms with Gasteiger partial charge in [-0.05, 0) is 36.0 Å². The fourth-order valence-electron chi connectivity index (χ4n) is 4.08. The van der Waals surface area contributed by atoms with Gasteiger partial charge in [0.05, 0.1) is 6.61 Å². The zero-order chi connectivity index (χ0) is 16.9. The molecule has 0 aromatic heterocycles. The van der Waals surface area contributed by atoms with E-state index in [9.17, 15) is 0 Å². The molecule has 0 spiro atoms. The molecule has 3 nitrogen and oxygen atoms in total.